The lowest BCUT2D eigenvalue weighted by atomic mass is 10.1. The summed E-state index contributed by atoms with van der Waals surface area (Å²) in [5, 5.41) is 6.99. The fraction of sp³-hybridized carbons (Fsp3) is 0.333. The normalized spacial score (nSPS) is 15.6. The number of methoxy groups -OCH3 is 1. The van der Waals surface area contributed by atoms with Crippen LogP contribution in [0.4, 0.5) is 5.13 Å². The van der Waals surface area contributed by atoms with Crippen LogP contribution in [0.2, 0.25) is 0 Å². The molecule has 3 heterocycles. The number of nitrogens with zero attached hydrogens (tertiary/aromatic N) is 3. The maximum absolute atomic E-state index is 13.8. The van der Waals surface area contributed by atoms with Crippen molar-refractivity contribution in [3.05, 3.63) is 64.5 Å². The second-order valence-electron chi connectivity index (χ2n) is 8.77. The van der Waals surface area contributed by atoms with Crippen molar-refractivity contribution < 1.29 is 19.1 Å². The number of hydrogen-bond acceptors (Lipinski definition) is 8. The average Bonchev–Trinajstić information content (AvgIpc) is 3.57. The number of thiazole rings is 1. The Hall–Kier alpha value is -3.15. The maximum Gasteiger partial charge on any atom is 0.258 e. The van der Waals surface area contributed by atoms with Crippen molar-refractivity contribution in [3.63, 3.8) is 0 Å². The number of thiophene rings is 1. The fourth-order valence-corrected chi connectivity index (χ4v) is 6.89. The summed E-state index contributed by atoms with van der Waals surface area (Å²) < 4.78 is 6.48. The third-order valence-corrected chi connectivity index (χ3v) is 9.20. The Morgan fingerprint density at radius 1 is 1.32 bits per heavy atom. The average molecular weight is 571 g/mol. The van der Waals surface area contributed by atoms with Gasteiger partial charge in [-0.3, -0.25) is 19.7 Å². The van der Waals surface area contributed by atoms with Crippen molar-refractivity contribution in [1.82, 2.24) is 14.8 Å². The highest BCUT2D eigenvalue weighted by Crippen LogP contribution is 2.38. The molecule has 8 nitrogen and oxygen atoms in total. The van der Waals surface area contributed by atoms with E-state index in [-0.39, 0.29) is 23.8 Å². The van der Waals surface area contributed by atoms with Gasteiger partial charge in [0, 0.05) is 36.0 Å². The van der Waals surface area contributed by atoms with E-state index in [0.717, 1.165) is 21.1 Å². The minimum Gasteiger partial charge on any atom is -0.496 e. The molecule has 1 N–H and O–H groups in total. The van der Waals surface area contributed by atoms with Crippen molar-refractivity contribution in [2.75, 3.05) is 32.1 Å². The van der Waals surface area contributed by atoms with E-state index in [4.69, 9.17) is 4.74 Å². The lowest BCUT2D eigenvalue weighted by molar-refractivity contribution is -0.128. The van der Waals surface area contributed by atoms with Crippen LogP contribution in [0, 0.1) is 6.92 Å². The summed E-state index contributed by atoms with van der Waals surface area (Å²) in [6.07, 6.45) is 4.49. The van der Waals surface area contributed by atoms with E-state index in [0.29, 0.717) is 48.1 Å². The van der Waals surface area contributed by atoms with Crippen LogP contribution in [-0.4, -0.2) is 65.3 Å². The molecule has 3 amide bonds. The molecule has 1 aromatic carbocycles. The van der Waals surface area contributed by atoms with E-state index < -0.39 is 0 Å². The smallest absolute Gasteiger partial charge is 0.258 e. The number of ether oxygens (including phenoxy) is 1. The molecule has 200 valence electrons. The maximum atomic E-state index is 13.8. The standard InChI is InChI=1S/C27H30N4O4S3/c1-5-19-15-30(9-7-10-31(19)23(32)6-2)26(34)20-13-22(17(3)12-21(20)35-4)37-24-14-28-27(38-24)29-25(33)18-8-11-36-16-18/h6,8,11-14,16,19H,2,5,7,9-10,15H2,1,3-4H3,(H,28,29,33). The first-order valence-electron chi connectivity index (χ1n) is 12.2. The van der Waals surface area contributed by atoms with Gasteiger partial charge in [0.25, 0.3) is 11.8 Å². The van der Waals surface area contributed by atoms with Gasteiger partial charge in [-0.15, -0.1) is 0 Å². The summed E-state index contributed by atoms with van der Waals surface area (Å²) in [4.78, 5) is 47.3. The summed E-state index contributed by atoms with van der Waals surface area (Å²) in [6, 6.07) is 5.43. The largest absolute Gasteiger partial charge is 0.496 e. The molecule has 0 spiro atoms. The zero-order valence-electron chi connectivity index (χ0n) is 21.6. The molecule has 1 saturated heterocycles. The fourth-order valence-electron chi connectivity index (χ4n) is 4.31. The number of carbonyl (C=O) groups is 3. The van der Waals surface area contributed by atoms with Crippen LogP contribution in [0.3, 0.4) is 0 Å². The monoisotopic (exact) mass is 570 g/mol. The third-order valence-electron chi connectivity index (χ3n) is 6.34. The van der Waals surface area contributed by atoms with Crippen molar-refractivity contribution in [2.45, 2.75) is 41.8 Å². The number of amides is 3. The van der Waals surface area contributed by atoms with Gasteiger partial charge in [0.2, 0.25) is 5.91 Å². The number of aromatic nitrogens is 1. The molecular formula is C27H30N4O4S3. The Bertz CT molecular complexity index is 1320. The molecule has 4 rings (SSSR count). The van der Waals surface area contributed by atoms with Gasteiger partial charge in [0.05, 0.1) is 28.6 Å². The highest BCUT2D eigenvalue weighted by atomic mass is 32.2. The van der Waals surface area contributed by atoms with Crippen molar-refractivity contribution in [2.24, 2.45) is 0 Å². The van der Waals surface area contributed by atoms with Gasteiger partial charge in [0.1, 0.15) is 5.75 Å². The lowest BCUT2D eigenvalue weighted by Crippen LogP contribution is -2.44. The van der Waals surface area contributed by atoms with Crippen LogP contribution < -0.4 is 10.1 Å². The minimum absolute atomic E-state index is 0.0721. The summed E-state index contributed by atoms with van der Waals surface area (Å²) in [5.74, 6) is 0.0966. The van der Waals surface area contributed by atoms with Crippen molar-refractivity contribution in [3.8, 4) is 5.75 Å². The van der Waals surface area contributed by atoms with Gasteiger partial charge >= 0.3 is 0 Å². The van der Waals surface area contributed by atoms with Crippen LogP contribution in [0.15, 0.2) is 56.9 Å². The van der Waals surface area contributed by atoms with Crippen molar-refractivity contribution in [1.29, 1.82) is 0 Å². The van der Waals surface area contributed by atoms with Gasteiger partial charge in [-0.1, -0.05) is 36.6 Å². The quantitative estimate of drug-likeness (QED) is 0.357. The first-order valence-corrected chi connectivity index (χ1v) is 14.8. The SMILES string of the molecule is C=CC(=O)N1CCCN(C(=O)c2cc(Sc3cnc(NC(=O)c4ccsc4)s3)c(C)cc2OC)CC1CC. The summed E-state index contributed by atoms with van der Waals surface area (Å²) in [5.41, 5.74) is 2.05. The molecule has 3 aromatic rings. The molecular weight excluding hydrogens is 541 g/mol. The van der Waals surface area contributed by atoms with Gasteiger partial charge in [-0.05, 0) is 55.0 Å². The van der Waals surface area contributed by atoms with E-state index in [2.05, 4.69) is 16.9 Å². The van der Waals surface area contributed by atoms with Gasteiger partial charge in [-0.2, -0.15) is 11.3 Å². The van der Waals surface area contributed by atoms with E-state index in [1.165, 1.54) is 40.5 Å². The third kappa shape index (κ3) is 6.28. The van der Waals surface area contributed by atoms with Gasteiger partial charge in [0.15, 0.2) is 5.13 Å². The second kappa shape index (κ2) is 12.6. The number of hydrogen-bond donors (Lipinski definition) is 1. The second-order valence-corrected chi connectivity index (χ2v) is 11.9. The first kappa shape index (κ1) is 27.9. The Morgan fingerprint density at radius 2 is 2.13 bits per heavy atom. The molecule has 1 fully saturated rings. The Kier molecular flexibility index (Phi) is 9.24. The van der Waals surface area contributed by atoms with Crippen LogP contribution in [0.1, 0.15) is 46.0 Å². The molecule has 0 radical (unpaired) electrons. The molecule has 38 heavy (non-hydrogen) atoms. The van der Waals surface area contributed by atoms with Gasteiger partial charge in [-0.25, -0.2) is 4.98 Å². The Balaban J connectivity index is 1.53. The van der Waals surface area contributed by atoms with Gasteiger partial charge < -0.3 is 14.5 Å². The van der Waals surface area contributed by atoms with E-state index in [9.17, 15) is 14.4 Å². The molecule has 1 aliphatic heterocycles. The molecule has 0 aliphatic carbocycles. The number of aryl methyl sites for hydroxylation is 1. The Morgan fingerprint density at radius 3 is 2.82 bits per heavy atom. The Labute approximate surface area is 234 Å². The highest BCUT2D eigenvalue weighted by Gasteiger charge is 2.30. The van der Waals surface area contributed by atoms with Crippen LogP contribution in [0.25, 0.3) is 0 Å². The topological polar surface area (TPSA) is 91.8 Å². The molecule has 1 atom stereocenters. The van der Waals surface area contributed by atoms with Crippen molar-refractivity contribution >= 4 is 57.3 Å². The highest BCUT2D eigenvalue weighted by molar-refractivity contribution is 8.01. The predicted molar refractivity (Wildman–Crippen MR) is 153 cm³/mol. The molecule has 1 aliphatic rings. The summed E-state index contributed by atoms with van der Waals surface area (Å²) in [7, 11) is 1.56. The lowest BCUT2D eigenvalue weighted by Gasteiger charge is -2.30. The van der Waals surface area contributed by atoms with Crippen LogP contribution in [0.5, 0.6) is 5.75 Å². The molecule has 1 unspecified atom stereocenters. The zero-order chi connectivity index (χ0) is 27.2. The van der Waals surface area contributed by atoms with Crippen LogP contribution in [-0.2, 0) is 4.79 Å². The zero-order valence-corrected chi connectivity index (χ0v) is 24.0. The molecule has 2 aromatic heterocycles. The number of carbonyl (C=O) groups excluding carboxylic acids is 3. The van der Waals surface area contributed by atoms with E-state index in [1.54, 1.807) is 24.8 Å². The first-order chi connectivity index (χ1) is 18.3. The number of rotatable bonds is 8. The summed E-state index contributed by atoms with van der Waals surface area (Å²) in [6.45, 7) is 9.22. The number of anilines is 1. The minimum atomic E-state index is -0.193. The number of nitrogens with one attached hydrogen (secondary N) is 1. The molecule has 11 heteroatoms. The summed E-state index contributed by atoms with van der Waals surface area (Å²) >= 11 is 4.33. The predicted octanol–water partition coefficient (Wildman–Crippen LogP) is 5.56. The van der Waals surface area contributed by atoms with E-state index in [1.807, 2.05) is 41.2 Å². The van der Waals surface area contributed by atoms with E-state index >= 15 is 0 Å². The molecule has 0 saturated carbocycles. The van der Waals surface area contributed by atoms with Crippen LogP contribution >= 0.6 is 34.4 Å². The molecule has 0 bridgehead atoms. The number of benzene rings is 1.